The van der Waals surface area contributed by atoms with Gasteiger partial charge in [-0.15, -0.1) is 12.6 Å². The molecule has 1 rings (SSSR count). The van der Waals surface area contributed by atoms with Gasteiger partial charge in [0.1, 0.15) is 5.82 Å². The van der Waals surface area contributed by atoms with E-state index in [1.54, 1.807) is 0 Å². The second-order valence-electron chi connectivity index (χ2n) is 1.93. The first kappa shape index (κ1) is 8.56. The van der Waals surface area contributed by atoms with E-state index in [1.165, 1.54) is 12.1 Å². The smallest absolute Gasteiger partial charge is 0.216 e. The molecule has 0 heterocycles. The van der Waals surface area contributed by atoms with E-state index < -0.39 is 10.9 Å². The predicted octanol–water partition coefficient (Wildman–Crippen LogP) is 2.55. The summed E-state index contributed by atoms with van der Waals surface area (Å²) in [5.74, 6) is -0.537. The maximum absolute atomic E-state index is 12.5. The van der Waals surface area contributed by atoms with E-state index in [1.807, 2.05) is 0 Å². The number of hydrogen-bond donors (Lipinski definition) is 1. The van der Waals surface area contributed by atoms with Crippen LogP contribution < -0.4 is 0 Å². The average Bonchev–Trinajstić information content (AvgIpc) is 1.94. The predicted molar refractivity (Wildman–Crippen MR) is 44.7 cm³/mol. The molecule has 0 saturated heterocycles. The van der Waals surface area contributed by atoms with Crippen molar-refractivity contribution in [2.45, 2.75) is 0 Å². The molecule has 11 heavy (non-hydrogen) atoms. The first-order valence-electron chi connectivity index (χ1n) is 2.79. The minimum Gasteiger partial charge on any atom is -0.282 e. The van der Waals surface area contributed by atoms with Crippen molar-refractivity contribution in [3.05, 3.63) is 34.6 Å². The first-order chi connectivity index (χ1) is 5.11. The summed E-state index contributed by atoms with van der Waals surface area (Å²) in [4.78, 5) is 10.6. The van der Waals surface area contributed by atoms with E-state index in [0.29, 0.717) is 5.56 Å². The molecule has 0 spiro atoms. The molecule has 1 nitrogen and oxygen atoms in total. The number of carbonyl (C=O) groups excluding carboxylic acids is 1. The number of halogens is 2. The Morgan fingerprint density at radius 3 is 2.64 bits per heavy atom. The van der Waals surface area contributed by atoms with Gasteiger partial charge in [0.25, 0.3) is 0 Å². The minimum atomic E-state index is -0.537. The van der Waals surface area contributed by atoms with Gasteiger partial charge in [-0.25, -0.2) is 4.39 Å². The van der Waals surface area contributed by atoms with Gasteiger partial charge in [0.2, 0.25) is 5.12 Å². The molecule has 0 N–H and O–H groups in total. The third-order valence-corrected chi connectivity index (χ3v) is 1.71. The zero-order chi connectivity index (χ0) is 8.43. The fraction of sp³-hybridized carbons (Fsp3) is 0. The standard InChI is InChI=1S/C7H4ClFOS/c8-5-3-4(7(10)11)1-2-6(5)9/h1-3H,(H,10,11). The van der Waals surface area contributed by atoms with Gasteiger partial charge in [-0.05, 0) is 18.2 Å². The molecule has 0 unspecified atom stereocenters. The Balaban J connectivity index is 3.15. The van der Waals surface area contributed by atoms with Crippen molar-refractivity contribution in [1.29, 1.82) is 0 Å². The van der Waals surface area contributed by atoms with Gasteiger partial charge in [0.15, 0.2) is 0 Å². The van der Waals surface area contributed by atoms with Gasteiger partial charge in [-0.3, -0.25) is 4.79 Å². The Labute approximate surface area is 73.6 Å². The summed E-state index contributed by atoms with van der Waals surface area (Å²) in [5.41, 5.74) is 0.291. The van der Waals surface area contributed by atoms with E-state index >= 15 is 0 Å². The van der Waals surface area contributed by atoms with Crippen LogP contribution in [0.2, 0.25) is 5.02 Å². The normalized spacial score (nSPS) is 9.73. The van der Waals surface area contributed by atoms with Gasteiger partial charge in [-0.2, -0.15) is 0 Å². The molecule has 1 aromatic rings. The third kappa shape index (κ3) is 1.94. The number of rotatable bonds is 1. The van der Waals surface area contributed by atoms with E-state index in [0.717, 1.165) is 6.07 Å². The van der Waals surface area contributed by atoms with Crippen molar-refractivity contribution >= 4 is 29.3 Å². The van der Waals surface area contributed by atoms with Crippen LogP contribution in [0.3, 0.4) is 0 Å². The molecule has 1 aromatic carbocycles. The Hall–Kier alpha value is -0.540. The summed E-state index contributed by atoms with van der Waals surface area (Å²) in [5, 5.41) is -0.489. The fourth-order valence-corrected chi connectivity index (χ4v) is 0.949. The van der Waals surface area contributed by atoms with Gasteiger partial charge in [0.05, 0.1) is 5.02 Å². The highest BCUT2D eigenvalue weighted by Crippen LogP contribution is 2.16. The van der Waals surface area contributed by atoms with E-state index in [9.17, 15) is 9.18 Å². The summed E-state index contributed by atoms with van der Waals surface area (Å²) < 4.78 is 12.5. The minimum absolute atomic E-state index is 0.0649. The second kappa shape index (κ2) is 3.24. The molecule has 0 atom stereocenters. The summed E-state index contributed by atoms with van der Waals surface area (Å²) in [6.07, 6.45) is 0. The molecular weight excluding hydrogens is 187 g/mol. The maximum atomic E-state index is 12.5. The van der Waals surface area contributed by atoms with Crippen LogP contribution in [0.5, 0.6) is 0 Å². The molecule has 0 aliphatic rings. The van der Waals surface area contributed by atoms with Crippen molar-refractivity contribution in [3.63, 3.8) is 0 Å². The zero-order valence-electron chi connectivity index (χ0n) is 5.34. The van der Waals surface area contributed by atoms with Crippen LogP contribution in [-0.2, 0) is 0 Å². The number of benzene rings is 1. The monoisotopic (exact) mass is 190 g/mol. The van der Waals surface area contributed by atoms with Crippen molar-refractivity contribution < 1.29 is 9.18 Å². The Morgan fingerprint density at radius 1 is 1.55 bits per heavy atom. The largest absolute Gasteiger partial charge is 0.282 e. The molecule has 0 aromatic heterocycles. The van der Waals surface area contributed by atoms with E-state index in [2.05, 4.69) is 12.6 Å². The van der Waals surface area contributed by atoms with Gasteiger partial charge in [-0.1, -0.05) is 11.6 Å². The van der Waals surface area contributed by atoms with Gasteiger partial charge < -0.3 is 0 Å². The lowest BCUT2D eigenvalue weighted by atomic mass is 10.2. The van der Waals surface area contributed by atoms with Crippen LogP contribution in [0.25, 0.3) is 0 Å². The summed E-state index contributed by atoms with van der Waals surface area (Å²) in [6, 6.07) is 3.70. The molecule has 0 saturated carbocycles. The molecule has 0 amide bonds. The summed E-state index contributed by atoms with van der Waals surface area (Å²) >= 11 is 8.95. The summed E-state index contributed by atoms with van der Waals surface area (Å²) in [6.45, 7) is 0. The van der Waals surface area contributed by atoms with Gasteiger partial charge >= 0.3 is 0 Å². The van der Waals surface area contributed by atoms with E-state index in [-0.39, 0.29) is 5.02 Å². The summed E-state index contributed by atoms with van der Waals surface area (Å²) in [7, 11) is 0. The quantitative estimate of drug-likeness (QED) is 0.674. The van der Waals surface area contributed by atoms with Crippen molar-refractivity contribution in [2.24, 2.45) is 0 Å². The number of hydrogen-bond acceptors (Lipinski definition) is 1. The van der Waals surface area contributed by atoms with Crippen molar-refractivity contribution in [1.82, 2.24) is 0 Å². The Bertz CT molecular complexity index is 300. The lowest BCUT2D eigenvalue weighted by Gasteiger charge is -1.95. The highest BCUT2D eigenvalue weighted by atomic mass is 35.5. The van der Waals surface area contributed by atoms with E-state index in [4.69, 9.17) is 11.6 Å². The second-order valence-corrected chi connectivity index (χ2v) is 2.75. The van der Waals surface area contributed by atoms with Crippen LogP contribution in [0.4, 0.5) is 4.39 Å². The SMILES string of the molecule is O=C(S)c1ccc(F)c(Cl)c1. The molecule has 0 aliphatic heterocycles. The van der Waals surface area contributed by atoms with Crippen LogP contribution in [0, 0.1) is 5.82 Å². The maximum Gasteiger partial charge on any atom is 0.216 e. The van der Waals surface area contributed by atoms with Crippen molar-refractivity contribution in [2.75, 3.05) is 0 Å². The molecule has 4 heteroatoms. The molecule has 0 aliphatic carbocycles. The highest BCUT2D eigenvalue weighted by molar-refractivity contribution is 7.97. The third-order valence-electron chi connectivity index (χ3n) is 1.17. The topological polar surface area (TPSA) is 17.1 Å². The fourth-order valence-electron chi connectivity index (χ4n) is 0.629. The number of carbonyl (C=O) groups is 1. The van der Waals surface area contributed by atoms with Crippen LogP contribution in [-0.4, -0.2) is 5.12 Å². The van der Waals surface area contributed by atoms with Crippen LogP contribution >= 0.6 is 24.2 Å². The van der Waals surface area contributed by atoms with Gasteiger partial charge in [0, 0.05) is 5.56 Å². The van der Waals surface area contributed by atoms with Crippen LogP contribution in [0.1, 0.15) is 10.4 Å². The van der Waals surface area contributed by atoms with Crippen molar-refractivity contribution in [3.8, 4) is 0 Å². The Kier molecular flexibility index (Phi) is 2.52. The van der Waals surface area contributed by atoms with Crippen LogP contribution in [0.15, 0.2) is 18.2 Å². The molecule has 58 valence electrons. The Morgan fingerprint density at radius 2 is 2.18 bits per heavy atom. The first-order valence-corrected chi connectivity index (χ1v) is 3.62. The average molecular weight is 191 g/mol. The lowest BCUT2D eigenvalue weighted by molar-refractivity contribution is 0.109. The molecular formula is C7H4ClFOS. The highest BCUT2D eigenvalue weighted by Gasteiger charge is 2.03. The number of thiol groups is 1. The zero-order valence-corrected chi connectivity index (χ0v) is 6.99. The lowest BCUT2D eigenvalue weighted by Crippen LogP contribution is -1.89. The molecule has 0 bridgehead atoms. The molecule has 0 radical (unpaired) electrons. The molecule has 0 fully saturated rings.